The summed E-state index contributed by atoms with van der Waals surface area (Å²) in [5.74, 6) is 2.37. The van der Waals surface area contributed by atoms with Gasteiger partial charge in [0.05, 0.1) is 0 Å². The molecule has 0 saturated heterocycles. The first-order valence-electron chi connectivity index (χ1n) is 16.2. The van der Waals surface area contributed by atoms with E-state index in [1.165, 1.54) is 55.8 Å². The Morgan fingerprint density at radius 3 is 1.07 bits per heavy atom. The highest BCUT2D eigenvalue weighted by Crippen LogP contribution is 2.23. The second-order valence-electron chi connectivity index (χ2n) is 13.2. The van der Waals surface area contributed by atoms with Gasteiger partial charge in [0.1, 0.15) is 6.33 Å². The van der Waals surface area contributed by atoms with Crippen molar-refractivity contribution in [2.45, 2.75) is 134 Å². The third-order valence-electron chi connectivity index (χ3n) is 7.93. The van der Waals surface area contributed by atoms with Crippen molar-refractivity contribution in [2.24, 2.45) is 0 Å². The minimum Gasteiger partial charge on any atom is -0.264 e. The second-order valence-corrected chi connectivity index (χ2v) is 13.2. The van der Waals surface area contributed by atoms with Gasteiger partial charge in [-0.2, -0.15) is 0 Å². The van der Waals surface area contributed by atoms with Crippen LogP contribution < -0.4 is 0 Å². The number of hydrogen-bond donors (Lipinski definition) is 0. The maximum atomic E-state index is 4.26. The van der Waals surface area contributed by atoms with Gasteiger partial charge in [-0.3, -0.25) is 9.97 Å². The lowest BCUT2D eigenvalue weighted by Crippen LogP contribution is -2.00. The zero-order chi connectivity index (χ0) is 33.7. The van der Waals surface area contributed by atoms with Crippen LogP contribution in [-0.4, -0.2) is 19.9 Å². The van der Waals surface area contributed by atoms with Gasteiger partial charge in [0.15, 0.2) is 0 Å². The van der Waals surface area contributed by atoms with Crippen LogP contribution in [0.4, 0.5) is 0 Å². The van der Waals surface area contributed by atoms with E-state index in [0.29, 0.717) is 23.7 Å². The zero-order valence-corrected chi connectivity index (χ0v) is 30.7. The molecular formula is C40H60N4. The van der Waals surface area contributed by atoms with Gasteiger partial charge in [-0.1, -0.05) is 73.6 Å². The lowest BCUT2D eigenvalue weighted by molar-refractivity contribution is 0.811. The molecule has 3 heterocycles. The summed E-state index contributed by atoms with van der Waals surface area (Å²) in [5.41, 5.74) is 15.8. The number of pyridine rings is 2. The van der Waals surface area contributed by atoms with Crippen molar-refractivity contribution in [3.05, 3.63) is 116 Å². The Balaban J connectivity index is 0.000000293. The average Bonchev–Trinajstić information content (AvgIpc) is 2.89. The van der Waals surface area contributed by atoms with E-state index in [4.69, 9.17) is 0 Å². The maximum absolute atomic E-state index is 4.26. The van der Waals surface area contributed by atoms with Gasteiger partial charge in [-0.15, -0.1) is 0 Å². The largest absolute Gasteiger partial charge is 0.264 e. The topological polar surface area (TPSA) is 51.6 Å². The Hall–Kier alpha value is -3.40. The summed E-state index contributed by atoms with van der Waals surface area (Å²) in [5, 5.41) is 0. The number of nitrogens with zero attached hydrogens (tertiary/aromatic N) is 4. The summed E-state index contributed by atoms with van der Waals surface area (Å²) in [7, 11) is 0. The van der Waals surface area contributed by atoms with Crippen LogP contribution in [0.1, 0.15) is 146 Å². The predicted molar refractivity (Wildman–Crippen MR) is 191 cm³/mol. The zero-order valence-electron chi connectivity index (χ0n) is 30.7. The standard InChI is InChI=1S/C11H16.2C10H15N.C9H14N2/c1-8(2)11-9(3)6-5-7-10(11)4;1-7(2)10-8(3)5-11-6-9(10)4;1-7(2)10-8(3)5-6-11-9(10)4;1-6(2)9-7(3)10-5-11-8(9)4/h5-8H,1-4H3;2*5-7H,1-4H3;5-6H,1-4H3. The Labute approximate surface area is 270 Å². The molecule has 4 heteroatoms. The number of benzene rings is 1. The highest BCUT2D eigenvalue weighted by Gasteiger charge is 2.08. The number of aromatic nitrogens is 4. The molecule has 0 fully saturated rings. The quantitative estimate of drug-likeness (QED) is 0.235. The number of rotatable bonds is 4. The summed E-state index contributed by atoms with van der Waals surface area (Å²) < 4.78 is 0. The predicted octanol–water partition coefficient (Wildman–Crippen LogP) is 11.3. The van der Waals surface area contributed by atoms with E-state index in [2.05, 4.69) is 141 Å². The van der Waals surface area contributed by atoms with Gasteiger partial charge in [0.25, 0.3) is 0 Å². The molecule has 0 aliphatic carbocycles. The molecule has 240 valence electrons. The molecule has 0 aliphatic heterocycles. The molecule has 44 heavy (non-hydrogen) atoms. The summed E-state index contributed by atoms with van der Waals surface area (Å²) in [4.78, 5) is 16.7. The van der Waals surface area contributed by atoms with Crippen LogP contribution in [0, 0.1) is 55.4 Å². The fourth-order valence-corrected chi connectivity index (χ4v) is 6.38. The Morgan fingerprint density at radius 2 is 0.773 bits per heavy atom. The third kappa shape index (κ3) is 11.6. The third-order valence-corrected chi connectivity index (χ3v) is 7.93. The van der Waals surface area contributed by atoms with Gasteiger partial charge in [0.2, 0.25) is 0 Å². The second kappa shape index (κ2) is 18.4. The molecule has 0 bridgehead atoms. The lowest BCUT2D eigenvalue weighted by atomic mass is 9.94. The van der Waals surface area contributed by atoms with E-state index in [-0.39, 0.29) is 0 Å². The molecular weight excluding hydrogens is 536 g/mol. The lowest BCUT2D eigenvalue weighted by Gasteiger charge is -2.12. The van der Waals surface area contributed by atoms with Crippen LogP contribution >= 0.6 is 0 Å². The Morgan fingerprint density at radius 1 is 0.409 bits per heavy atom. The van der Waals surface area contributed by atoms with Crippen LogP contribution in [0.25, 0.3) is 0 Å². The Bertz CT molecular complexity index is 1150. The van der Waals surface area contributed by atoms with Crippen LogP contribution in [0.15, 0.2) is 49.2 Å². The average molecular weight is 597 g/mol. The van der Waals surface area contributed by atoms with Crippen molar-refractivity contribution in [2.75, 3.05) is 0 Å². The fourth-order valence-electron chi connectivity index (χ4n) is 6.38. The molecule has 0 saturated carbocycles. The first kappa shape index (κ1) is 38.6. The highest BCUT2D eigenvalue weighted by molar-refractivity contribution is 5.36. The van der Waals surface area contributed by atoms with E-state index in [1.54, 1.807) is 6.33 Å². The van der Waals surface area contributed by atoms with Crippen molar-refractivity contribution in [1.82, 2.24) is 19.9 Å². The minimum absolute atomic E-state index is 0.524. The number of hydrogen-bond acceptors (Lipinski definition) is 4. The van der Waals surface area contributed by atoms with E-state index < -0.39 is 0 Å². The summed E-state index contributed by atoms with van der Waals surface area (Å²) >= 11 is 0. The Kier molecular flexibility index (Phi) is 16.2. The molecule has 0 N–H and O–H groups in total. The van der Waals surface area contributed by atoms with Crippen molar-refractivity contribution in [3.63, 3.8) is 0 Å². The molecule has 0 aliphatic rings. The first-order chi connectivity index (χ1) is 20.5. The molecule has 3 aromatic heterocycles. The smallest absolute Gasteiger partial charge is 0.115 e. The van der Waals surface area contributed by atoms with Crippen LogP contribution in [0.3, 0.4) is 0 Å². The fraction of sp³-hybridized carbons (Fsp3) is 0.500. The normalized spacial score (nSPS) is 10.6. The van der Waals surface area contributed by atoms with Gasteiger partial charge < -0.3 is 0 Å². The van der Waals surface area contributed by atoms with Gasteiger partial charge >= 0.3 is 0 Å². The van der Waals surface area contributed by atoms with E-state index in [1.807, 2.05) is 32.4 Å². The summed E-state index contributed by atoms with van der Waals surface area (Å²) in [6, 6.07) is 8.56. The van der Waals surface area contributed by atoms with Crippen LogP contribution in [0.2, 0.25) is 0 Å². The minimum atomic E-state index is 0.524. The summed E-state index contributed by atoms with van der Waals surface area (Å²) in [6.45, 7) is 34.6. The van der Waals surface area contributed by atoms with Gasteiger partial charge in [-0.25, -0.2) is 9.97 Å². The van der Waals surface area contributed by atoms with E-state index in [0.717, 1.165) is 11.4 Å². The molecule has 0 atom stereocenters. The monoisotopic (exact) mass is 596 g/mol. The molecule has 4 aromatic rings. The van der Waals surface area contributed by atoms with Crippen molar-refractivity contribution in [1.29, 1.82) is 0 Å². The molecule has 0 radical (unpaired) electrons. The first-order valence-corrected chi connectivity index (χ1v) is 16.2. The summed E-state index contributed by atoms with van der Waals surface area (Å²) in [6.07, 6.45) is 7.36. The molecule has 0 amide bonds. The SMILES string of the molecule is Cc1cccc(C)c1C(C)C.Cc1ccnc(C)c1C(C)C.Cc1cncc(C)c1C(C)C.Cc1ncnc(C)c1C(C)C. The van der Waals surface area contributed by atoms with Gasteiger partial charge in [0, 0.05) is 35.7 Å². The van der Waals surface area contributed by atoms with Crippen molar-refractivity contribution >= 4 is 0 Å². The van der Waals surface area contributed by atoms with E-state index in [9.17, 15) is 0 Å². The van der Waals surface area contributed by atoms with Crippen molar-refractivity contribution in [3.8, 4) is 0 Å². The molecule has 0 spiro atoms. The molecule has 1 aromatic carbocycles. The number of aryl methyl sites for hydroxylation is 8. The molecule has 4 nitrogen and oxygen atoms in total. The molecule has 4 rings (SSSR count). The molecule has 0 unspecified atom stereocenters. The van der Waals surface area contributed by atoms with Gasteiger partial charge in [-0.05, 0) is 135 Å². The highest BCUT2D eigenvalue weighted by atomic mass is 14.8. The van der Waals surface area contributed by atoms with Crippen LogP contribution in [0.5, 0.6) is 0 Å². The van der Waals surface area contributed by atoms with Crippen molar-refractivity contribution < 1.29 is 0 Å². The van der Waals surface area contributed by atoms with E-state index >= 15 is 0 Å². The maximum Gasteiger partial charge on any atom is 0.115 e. The van der Waals surface area contributed by atoms with Crippen LogP contribution in [-0.2, 0) is 0 Å².